The lowest BCUT2D eigenvalue weighted by Crippen LogP contribution is -2.61. The van der Waals surface area contributed by atoms with Crippen LogP contribution in [0.3, 0.4) is 0 Å². The average molecular weight is 431 g/mol. The summed E-state index contributed by atoms with van der Waals surface area (Å²) in [6.45, 7) is 3.54. The van der Waals surface area contributed by atoms with Gasteiger partial charge in [-0.2, -0.15) is 0 Å². The fourth-order valence-corrected chi connectivity index (χ4v) is 3.59. The van der Waals surface area contributed by atoms with Crippen molar-refractivity contribution >= 4 is 5.91 Å². The monoisotopic (exact) mass is 431 g/mol. The van der Waals surface area contributed by atoms with Crippen molar-refractivity contribution in [2.75, 3.05) is 7.05 Å². The summed E-state index contributed by atoms with van der Waals surface area (Å²) >= 11 is 0. The van der Waals surface area contributed by atoms with E-state index in [1.54, 1.807) is 38.2 Å². The lowest BCUT2D eigenvalue weighted by atomic mass is 9.94. The van der Waals surface area contributed by atoms with E-state index in [9.17, 15) is 25.2 Å². The smallest absolute Gasteiger partial charge is 0.251 e. The first-order valence-electron chi connectivity index (χ1n) is 10.2. The van der Waals surface area contributed by atoms with Crippen molar-refractivity contribution in [2.45, 2.75) is 57.1 Å². The van der Waals surface area contributed by atoms with Crippen LogP contribution in [0.15, 0.2) is 42.5 Å². The van der Waals surface area contributed by atoms with Crippen LogP contribution >= 0.6 is 0 Å². The van der Waals surface area contributed by atoms with Crippen LogP contribution in [0.2, 0.25) is 0 Å². The minimum absolute atomic E-state index is 0.175. The lowest BCUT2D eigenvalue weighted by Gasteiger charge is -2.41. The molecule has 0 unspecified atom stereocenters. The van der Waals surface area contributed by atoms with Crippen LogP contribution in [0.25, 0.3) is 11.1 Å². The number of amides is 1. The van der Waals surface area contributed by atoms with E-state index in [1.165, 1.54) is 0 Å². The lowest BCUT2D eigenvalue weighted by molar-refractivity contribution is -0.288. The van der Waals surface area contributed by atoms with Crippen LogP contribution in [-0.4, -0.2) is 70.2 Å². The molecule has 3 rings (SSSR count). The Kier molecular flexibility index (Phi) is 7.30. The normalized spacial score (nSPS) is 26.9. The zero-order chi connectivity index (χ0) is 22.7. The quantitative estimate of drug-likeness (QED) is 0.461. The minimum Gasteiger partial charge on any atom is -0.462 e. The van der Waals surface area contributed by atoms with E-state index in [2.05, 4.69) is 5.32 Å². The summed E-state index contributed by atoms with van der Waals surface area (Å²) in [5.74, 6) is 0.245. The van der Waals surface area contributed by atoms with Crippen molar-refractivity contribution in [2.24, 2.45) is 0 Å². The number of hydrogen-bond acceptors (Lipinski definition) is 7. The number of carbonyl (C=O) groups is 1. The Morgan fingerprint density at radius 1 is 1.10 bits per heavy atom. The second-order valence-electron chi connectivity index (χ2n) is 7.67. The third-order valence-electron chi connectivity index (χ3n) is 5.51. The van der Waals surface area contributed by atoms with Gasteiger partial charge in [-0.05, 0) is 54.3 Å². The summed E-state index contributed by atoms with van der Waals surface area (Å²) in [6, 6.07) is 12.6. The Bertz CT molecular complexity index is 919. The maximum atomic E-state index is 11.9. The van der Waals surface area contributed by atoms with Gasteiger partial charge in [-0.3, -0.25) is 4.79 Å². The van der Waals surface area contributed by atoms with Crippen LogP contribution in [0, 0.1) is 6.92 Å². The molecule has 1 aliphatic rings. The van der Waals surface area contributed by atoms with Crippen molar-refractivity contribution in [1.29, 1.82) is 0 Å². The van der Waals surface area contributed by atoms with Crippen molar-refractivity contribution in [1.82, 2.24) is 5.32 Å². The first kappa shape index (κ1) is 23.2. The van der Waals surface area contributed by atoms with Gasteiger partial charge >= 0.3 is 0 Å². The molecule has 0 aromatic heterocycles. The zero-order valence-corrected chi connectivity index (χ0v) is 17.7. The Labute approximate surface area is 181 Å². The van der Waals surface area contributed by atoms with Crippen molar-refractivity contribution in [3.63, 3.8) is 0 Å². The van der Waals surface area contributed by atoms with Gasteiger partial charge in [-0.25, -0.2) is 0 Å². The molecule has 31 heavy (non-hydrogen) atoms. The molecule has 0 saturated carbocycles. The number of nitrogens with one attached hydrogen (secondary N) is 1. The molecule has 8 nitrogen and oxygen atoms in total. The minimum atomic E-state index is -1.52. The number of hydrogen-bond donors (Lipinski definition) is 5. The highest BCUT2D eigenvalue weighted by molar-refractivity contribution is 5.95. The number of aliphatic hydroxyl groups excluding tert-OH is 4. The van der Waals surface area contributed by atoms with Crippen molar-refractivity contribution in [3.05, 3.63) is 53.6 Å². The van der Waals surface area contributed by atoms with Gasteiger partial charge in [0.05, 0.1) is 6.10 Å². The topological polar surface area (TPSA) is 128 Å². The van der Waals surface area contributed by atoms with Gasteiger partial charge in [-0.1, -0.05) is 25.1 Å². The molecule has 1 aliphatic heterocycles. The van der Waals surface area contributed by atoms with Crippen LogP contribution in [0.1, 0.15) is 29.3 Å². The maximum Gasteiger partial charge on any atom is 0.251 e. The molecule has 0 bridgehead atoms. The maximum absolute atomic E-state index is 11.9. The predicted octanol–water partition coefficient (Wildman–Crippen LogP) is 0.979. The van der Waals surface area contributed by atoms with Crippen molar-refractivity contribution < 1.29 is 34.7 Å². The van der Waals surface area contributed by atoms with E-state index >= 15 is 0 Å². The first-order chi connectivity index (χ1) is 14.8. The molecule has 0 aliphatic carbocycles. The molecule has 0 radical (unpaired) electrons. The van der Waals surface area contributed by atoms with E-state index < -0.39 is 36.8 Å². The van der Waals surface area contributed by atoms with E-state index in [4.69, 9.17) is 9.47 Å². The van der Waals surface area contributed by atoms with E-state index in [0.29, 0.717) is 17.7 Å². The Balaban J connectivity index is 1.81. The highest BCUT2D eigenvalue weighted by atomic mass is 16.7. The van der Waals surface area contributed by atoms with Gasteiger partial charge in [0.15, 0.2) is 0 Å². The Morgan fingerprint density at radius 3 is 2.45 bits per heavy atom. The van der Waals surface area contributed by atoms with Gasteiger partial charge in [-0.15, -0.1) is 0 Å². The van der Waals surface area contributed by atoms with Gasteiger partial charge < -0.3 is 35.2 Å². The van der Waals surface area contributed by atoms with Gasteiger partial charge in [0, 0.05) is 12.6 Å². The zero-order valence-electron chi connectivity index (χ0n) is 17.7. The molecule has 5 N–H and O–H groups in total. The Morgan fingerprint density at radius 2 is 1.81 bits per heavy atom. The summed E-state index contributed by atoms with van der Waals surface area (Å²) in [4.78, 5) is 11.9. The van der Waals surface area contributed by atoms with E-state index in [-0.39, 0.29) is 5.91 Å². The number of carbonyl (C=O) groups excluding carboxylic acids is 1. The number of aliphatic hydroxyl groups is 4. The standard InChI is InChI=1S/C23H29NO7/c1-4-16(25)21-19(27)18(26)20(28)23(31-21)30-17-9-8-14(10-12(17)2)13-6-5-7-15(11-13)22(29)24-3/h5-11,16,18-21,23,25-28H,4H2,1-3H3,(H,24,29)/t16-,18-,19-,20-,21+,23-/m0/s1. The van der Waals surface area contributed by atoms with Gasteiger partial charge in [0.1, 0.15) is 30.2 Å². The number of ether oxygens (including phenoxy) is 2. The largest absolute Gasteiger partial charge is 0.462 e. The van der Waals surface area contributed by atoms with Crippen LogP contribution in [0.5, 0.6) is 5.75 Å². The summed E-state index contributed by atoms with van der Waals surface area (Å²) in [6.07, 6.45) is -7.48. The highest BCUT2D eigenvalue weighted by Gasteiger charge is 2.47. The summed E-state index contributed by atoms with van der Waals surface area (Å²) in [7, 11) is 1.58. The molecule has 1 heterocycles. The third-order valence-corrected chi connectivity index (χ3v) is 5.51. The van der Waals surface area contributed by atoms with E-state index in [0.717, 1.165) is 16.7 Å². The molecule has 168 valence electrons. The van der Waals surface area contributed by atoms with Gasteiger partial charge in [0.25, 0.3) is 5.91 Å². The second kappa shape index (κ2) is 9.76. The molecule has 1 saturated heterocycles. The predicted molar refractivity (Wildman–Crippen MR) is 114 cm³/mol. The third kappa shape index (κ3) is 4.89. The fourth-order valence-electron chi connectivity index (χ4n) is 3.59. The summed E-state index contributed by atoms with van der Waals surface area (Å²) in [5, 5.41) is 43.2. The van der Waals surface area contributed by atoms with Gasteiger partial charge in [0.2, 0.25) is 6.29 Å². The van der Waals surface area contributed by atoms with Crippen LogP contribution in [-0.2, 0) is 4.74 Å². The molecule has 1 fully saturated rings. The molecule has 6 atom stereocenters. The molecule has 2 aromatic carbocycles. The second-order valence-corrected chi connectivity index (χ2v) is 7.67. The van der Waals surface area contributed by atoms with Crippen molar-refractivity contribution in [3.8, 4) is 16.9 Å². The van der Waals surface area contributed by atoms with E-state index in [1.807, 2.05) is 25.1 Å². The molecular weight excluding hydrogens is 402 g/mol. The highest BCUT2D eigenvalue weighted by Crippen LogP contribution is 2.31. The Hall–Kier alpha value is -2.49. The number of aryl methyl sites for hydroxylation is 1. The van der Waals surface area contributed by atoms with Crippen LogP contribution in [0.4, 0.5) is 0 Å². The average Bonchev–Trinajstić information content (AvgIpc) is 2.79. The SMILES string of the molecule is CC[C@H](O)[C@H]1O[C@H](Oc2ccc(-c3cccc(C(=O)NC)c3)cc2C)[C@@H](O)[C@@H](O)[C@@H]1O. The summed E-state index contributed by atoms with van der Waals surface area (Å²) < 4.78 is 11.4. The molecule has 1 amide bonds. The molecule has 2 aromatic rings. The van der Waals surface area contributed by atoms with Crippen LogP contribution < -0.4 is 10.1 Å². The molecule has 8 heteroatoms. The molecular formula is C23H29NO7. The fraction of sp³-hybridized carbons (Fsp3) is 0.435. The molecule has 0 spiro atoms. The number of benzene rings is 2. The number of rotatable bonds is 6. The first-order valence-corrected chi connectivity index (χ1v) is 10.2. The summed E-state index contributed by atoms with van der Waals surface area (Å²) in [5.41, 5.74) is 3.02.